The molecule has 2 amide bonds. The van der Waals surface area contributed by atoms with E-state index in [4.69, 9.17) is 5.73 Å². The lowest BCUT2D eigenvalue weighted by Gasteiger charge is -2.32. The Labute approximate surface area is 378 Å². The molecule has 6 N–H and O–H groups in total. The van der Waals surface area contributed by atoms with Gasteiger partial charge in [-0.05, 0) is 99.1 Å². The summed E-state index contributed by atoms with van der Waals surface area (Å²) in [7, 11) is 3.69. The third-order valence-electron chi connectivity index (χ3n) is 11.2. The second-order valence-electron chi connectivity index (χ2n) is 16.1. The topological polar surface area (TPSA) is 182 Å². The first kappa shape index (κ1) is 48.8. The number of halogens is 6. The van der Waals surface area contributed by atoms with Gasteiger partial charge in [0.05, 0.1) is 47.0 Å². The maximum atomic E-state index is 12.8. The number of piperidine rings is 2. The van der Waals surface area contributed by atoms with Gasteiger partial charge in [-0.3, -0.25) is 9.36 Å². The van der Waals surface area contributed by atoms with E-state index >= 15 is 0 Å². The number of likely N-dealkylation sites (tertiary alicyclic amines) is 1. The van der Waals surface area contributed by atoms with Crippen molar-refractivity contribution in [2.24, 2.45) is 31.7 Å². The van der Waals surface area contributed by atoms with Gasteiger partial charge in [0.25, 0.3) is 0 Å². The van der Waals surface area contributed by atoms with Crippen molar-refractivity contribution in [1.82, 2.24) is 55.0 Å². The third kappa shape index (κ3) is 13.9. The molecule has 66 heavy (non-hydrogen) atoms. The number of amides is 2. The highest BCUT2D eigenvalue weighted by Crippen LogP contribution is 2.34. The molecular weight excluding hydrogens is 867 g/mol. The van der Waals surface area contributed by atoms with E-state index in [2.05, 4.69) is 64.4 Å². The van der Waals surface area contributed by atoms with Crippen LogP contribution in [0, 0.1) is 25.7 Å². The number of nitrogens with two attached hydrogens (primary N) is 1. The summed E-state index contributed by atoms with van der Waals surface area (Å²) in [5.74, 6) is -1.39. The Morgan fingerprint density at radius 3 is 1.59 bits per heavy atom. The van der Waals surface area contributed by atoms with E-state index in [1.807, 2.05) is 75.9 Å². The first-order chi connectivity index (χ1) is 31.4. The van der Waals surface area contributed by atoms with Gasteiger partial charge >= 0.3 is 18.4 Å². The van der Waals surface area contributed by atoms with E-state index in [1.165, 1.54) is 10.5 Å². The van der Waals surface area contributed by atoms with Crippen LogP contribution in [0.3, 0.4) is 0 Å². The highest BCUT2D eigenvalue weighted by atomic mass is 19.4. The van der Waals surface area contributed by atoms with Crippen molar-refractivity contribution < 1.29 is 31.1 Å². The molecule has 352 valence electrons. The monoisotopic (exact) mass is 920 g/mol. The molecule has 21 heteroatoms. The number of hydrogen-bond acceptors (Lipinski definition) is 11. The second kappa shape index (κ2) is 22.1. The summed E-state index contributed by atoms with van der Waals surface area (Å²) >= 11 is 0. The number of nitrogens with zero attached hydrogens (tertiary/aromatic N) is 9. The van der Waals surface area contributed by atoms with Gasteiger partial charge < -0.3 is 31.9 Å². The van der Waals surface area contributed by atoms with Gasteiger partial charge in [0, 0.05) is 76.2 Å². The number of nitrogens with one attached hydrogen (secondary N) is 4. The maximum absolute atomic E-state index is 12.8. The Kier molecular flexibility index (Phi) is 16.3. The average Bonchev–Trinajstić information content (AvgIpc) is 3.91. The lowest BCUT2D eigenvalue weighted by Crippen LogP contribution is -2.46. The molecule has 0 unspecified atom stereocenters. The Bertz CT molecular complexity index is 2510. The van der Waals surface area contributed by atoms with Gasteiger partial charge in [0.15, 0.2) is 0 Å². The summed E-state index contributed by atoms with van der Waals surface area (Å²) in [5.41, 5.74) is 15.1. The molecule has 0 spiro atoms. The number of aromatic nitrogens is 8. The number of rotatable bonds is 9. The number of anilines is 4. The first-order valence-electron chi connectivity index (χ1n) is 21.4. The van der Waals surface area contributed by atoms with Crippen LogP contribution in [-0.4, -0.2) is 89.0 Å². The minimum absolute atomic E-state index is 0.0544. The molecule has 0 atom stereocenters. The van der Waals surface area contributed by atoms with E-state index in [1.54, 1.807) is 34.2 Å². The Morgan fingerprint density at radius 2 is 1.18 bits per heavy atom. The molecule has 8 rings (SSSR count). The van der Waals surface area contributed by atoms with E-state index in [0.29, 0.717) is 38.1 Å². The van der Waals surface area contributed by atoms with Gasteiger partial charge in [-0.2, -0.15) is 36.5 Å². The molecule has 4 aromatic heterocycles. The van der Waals surface area contributed by atoms with Crippen LogP contribution in [0.2, 0.25) is 0 Å². The van der Waals surface area contributed by atoms with Gasteiger partial charge in [0.1, 0.15) is 0 Å². The molecule has 0 aliphatic carbocycles. The molecule has 15 nitrogen and oxygen atoms in total. The summed E-state index contributed by atoms with van der Waals surface area (Å²) in [6.45, 7) is 6.06. The minimum Gasteiger partial charge on any atom is -0.334 e. The van der Waals surface area contributed by atoms with Gasteiger partial charge in [-0.15, -0.1) is 0 Å². The van der Waals surface area contributed by atoms with E-state index in [9.17, 15) is 31.1 Å². The number of urea groups is 1. The Hall–Kier alpha value is -6.61. The predicted molar refractivity (Wildman–Crippen MR) is 240 cm³/mol. The second-order valence-corrected chi connectivity index (χ2v) is 16.1. The zero-order chi connectivity index (χ0) is 47.4. The van der Waals surface area contributed by atoms with E-state index in [0.717, 1.165) is 50.6 Å². The number of carbonyl (C=O) groups excluding carboxylic acids is 1. The smallest absolute Gasteiger partial charge is 0.334 e. The summed E-state index contributed by atoms with van der Waals surface area (Å²) in [4.78, 5) is 31.5. The fourth-order valence-electron chi connectivity index (χ4n) is 7.37. The fraction of sp³-hybridized carbons (Fsp3) is 0.400. The summed E-state index contributed by atoms with van der Waals surface area (Å²) in [6, 6.07) is 15.3. The molecular formula is C45H54F6N14O. The van der Waals surface area contributed by atoms with Crippen LogP contribution in [0.5, 0.6) is 0 Å². The van der Waals surface area contributed by atoms with Gasteiger partial charge in [0.2, 0.25) is 11.9 Å². The quantitative estimate of drug-likeness (QED) is 0.0880. The molecule has 2 aliphatic heterocycles. The number of benzene rings is 2. The van der Waals surface area contributed by atoms with Crippen molar-refractivity contribution in [3.63, 3.8) is 0 Å². The predicted octanol–water partition coefficient (Wildman–Crippen LogP) is 8.35. The van der Waals surface area contributed by atoms with Crippen molar-refractivity contribution in [2.45, 2.75) is 65.0 Å². The zero-order valence-corrected chi connectivity index (χ0v) is 37.1. The normalized spacial score (nSPS) is 14.7. The molecule has 0 bridgehead atoms. The number of carbonyl (C=O) groups is 1. The minimum atomic E-state index is -4.19. The molecule has 2 saturated heterocycles. The van der Waals surface area contributed by atoms with Crippen LogP contribution < -0.4 is 27.0 Å². The first-order valence-corrected chi connectivity index (χ1v) is 21.4. The maximum Gasteiger partial charge on any atom is 0.391 e. The van der Waals surface area contributed by atoms with Crippen molar-refractivity contribution >= 4 is 29.3 Å². The number of alkyl halides is 6. The standard InChI is InChI=1S/C23H26F3N7O.C16H18N6.C6H10F3N/c1-15-11-16(20-5-8-27-21(31-20)30-19-13-29-32(2)14-19)3-4-17(15)12-28-22(34)33-9-6-18(7-10-33)23(24,25)26;1-11-7-12(3-4-13(11)8-17)15-5-6-18-16(21-15)20-14-9-19-22(2)10-14;7-6(8,9)5-1-3-10-4-2-5/h3-5,8,11,13-14,18H,6-7,9-10,12H2,1-2H3,(H,28,34)(H,27,30,31);3-7,9-10H,8,17H2,1-2H3,(H,18,20,21);5,10H,1-4H2. The number of aryl methyl sites for hydroxylation is 4. The molecule has 2 fully saturated rings. The fourth-order valence-corrected chi connectivity index (χ4v) is 7.37. The van der Waals surface area contributed by atoms with Crippen molar-refractivity contribution in [3.05, 3.63) is 108 Å². The van der Waals surface area contributed by atoms with Crippen LogP contribution >= 0.6 is 0 Å². The van der Waals surface area contributed by atoms with Gasteiger partial charge in [-0.25, -0.2) is 24.7 Å². The number of hydrogen-bond donors (Lipinski definition) is 5. The molecule has 2 aliphatic rings. The Morgan fingerprint density at radius 1 is 0.712 bits per heavy atom. The van der Waals surface area contributed by atoms with Crippen molar-refractivity contribution in [1.29, 1.82) is 0 Å². The third-order valence-corrected chi connectivity index (χ3v) is 11.2. The zero-order valence-electron chi connectivity index (χ0n) is 37.1. The summed E-state index contributed by atoms with van der Waals surface area (Å²) in [6.07, 6.45) is 2.73. The Balaban J connectivity index is 0.000000191. The van der Waals surface area contributed by atoms with E-state index in [-0.39, 0.29) is 44.8 Å². The lowest BCUT2D eigenvalue weighted by molar-refractivity contribution is -0.183. The van der Waals surface area contributed by atoms with Crippen LogP contribution in [0.25, 0.3) is 22.5 Å². The molecule has 2 aromatic carbocycles. The van der Waals surface area contributed by atoms with Gasteiger partial charge in [-0.1, -0.05) is 24.3 Å². The summed E-state index contributed by atoms with van der Waals surface area (Å²) in [5, 5.41) is 20.2. The average molecular weight is 921 g/mol. The largest absolute Gasteiger partial charge is 0.391 e. The molecule has 6 heterocycles. The van der Waals surface area contributed by atoms with Crippen LogP contribution in [0.15, 0.2) is 85.7 Å². The highest BCUT2D eigenvalue weighted by Gasteiger charge is 2.42. The summed E-state index contributed by atoms with van der Waals surface area (Å²) < 4.78 is 77.6. The highest BCUT2D eigenvalue weighted by molar-refractivity contribution is 5.74. The van der Waals surface area contributed by atoms with E-state index < -0.39 is 24.2 Å². The van der Waals surface area contributed by atoms with Crippen LogP contribution in [0.4, 0.5) is 54.4 Å². The SMILES string of the molecule is Cc1cc(-c2ccnc(Nc3cnn(C)c3)n2)ccc1CN.Cc1cc(-c2ccnc(Nc3cnn(C)c3)n2)ccc1CNC(=O)N1CCC(C(F)(F)F)CC1.FC(F)(F)C1CCNCC1. The van der Waals surface area contributed by atoms with Crippen molar-refractivity contribution in [2.75, 3.05) is 36.8 Å². The van der Waals surface area contributed by atoms with Crippen molar-refractivity contribution in [3.8, 4) is 22.5 Å². The van der Waals surface area contributed by atoms with Crippen LogP contribution in [0.1, 0.15) is 47.9 Å². The molecule has 0 radical (unpaired) electrons. The molecule has 0 saturated carbocycles. The molecule has 6 aromatic rings. The lowest BCUT2D eigenvalue weighted by atomic mass is 9.96. The van der Waals surface area contributed by atoms with Crippen LogP contribution in [-0.2, 0) is 27.2 Å².